The molecule has 0 radical (unpaired) electrons. The zero-order chi connectivity index (χ0) is 22.0. The highest BCUT2D eigenvalue weighted by Gasteiger charge is 2.09. The van der Waals surface area contributed by atoms with Crippen molar-refractivity contribution in [1.29, 1.82) is 0 Å². The van der Waals surface area contributed by atoms with Crippen molar-refractivity contribution in [2.24, 2.45) is 0 Å². The molecule has 0 fully saturated rings. The monoisotopic (exact) mass is 424 g/mol. The van der Waals surface area contributed by atoms with Gasteiger partial charge in [0, 0.05) is 24.8 Å². The lowest BCUT2D eigenvalue weighted by Gasteiger charge is -2.18. The van der Waals surface area contributed by atoms with Crippen molar-refractivity contribution in [2.75, 3.05) is 6.61 Å². The molecule has 0 saturated heterocycles. The standard InChI is InChI=1S/C28H28N2O2/c1-2-26(32-28-15-11-23(12-16-28)25-7-4-18-30-21-25)8-5-19-31-27-13-9-22(10-14-27)24-6-3-17-29-20-24/h3-4,6-7,9-18,20-21,26H,2,5,8,19H2,1H3. The molecule has 0 saturated carbocycles. The number of rotatable bonds is 10. The van der Waals surface area contributed by atoms with Gasteiger partial charge in [-0.3, -0.25) is 9.97 Å². The summed E-state index contributed by atoms with van der Waals surface area (Å²) in [7, 11) is 0. The number of ether oxygens (including phenoxy) is 2. The Morgan fingerprint density at radius 1 is 0.688 bits per heavy atom. The van der Waals surface area contributed by atoms with Gasteiger partial charge in [0.15, 0.2) is 0 Å². The van der Waals surface area contributed by atoms with E-state index in [2.05, 4.69) is 53.3 Å². The molecule has 0 aliphatic carbocycles. The molecule has 0 bridgehead atoms. The van der Waals surface area contributed by atoms with Crippen LogP contribution in [0.25, 0.3) is 22.3 Å². The van der Waals surface area contributed by atoms with Gasteiger partial charge in [-0.15, -0.1) is 0 Å². The molecule has 1 atom stereocenters. The number of hydrogen-bond donors (Lipinski definition) is 0. The minimum atomic E-state index is 0.177. The van der Waals surface area contributed by atoms with Crippen LogP contribution in [0, 0.1) is 0 Å². The van der Waals surface area contributed by atoms with E-state index in [1.807, 2.05) is 48.8 Å². The maximum atomic E-state index is 6.19. The summed E-state index contributed by atoms with van der Waals surface area (Å²) in [5.41, 5.74) is 4.49. The topological polar surface area (TPSA) is 44.2 Å². The molecule has 4 aromatic rings. The molecule has 2 heterocycles. The van der Waals surface area contributed by atoms with E-state index in [1.54, 1.807) is 12.4 Å². The molecule has 0 amide bonds. The summed E-state index contributed by atoms with van der Waals surface area (Å²) in [5, 5.41) is 0. The third kappa shape index (κ3) is 5.94. The Morgan fingerprint density at radius 3 is 1.75 bits per heavy atom. The predicted molar refractivity (Wildman–Crippen MR) is 129 cm³/mol. The molecule has 1 unspecified atom stereocenters. The summed E-state index contributed by atoms with van der Waals surface area (Å²) in [4.78, 5) is 8.35. The minimum absolute atomic E-state index is 0.177. The highest BCUT2D eigenvalue weighted by Crippen LogP contribution is 2.24. The lowest BCUT2D eigenvalue weighted by atomic mass is 10.1. The molecule has 2 aromatic carbocycles. The van der Waals surface area contributed by atoms with Crippen LogP contribution >= 0.6 is 0 Å². The van der Waals surface area contributed by atoms with E-state index in [1.165, 1.54) is 0 Å². The van der Waals surface area contributed by atoms with Crippen molar-refractivity contribution in [1.82, 2.24) is 9.97 Å². The van der Waals surface area contributed by atoms with Crippen LogP contribution in [0.15, 0.2) is 97.6 Å². The first kappa shape index (κ1) is 21.6. The maximum absolute atomic E-state index is 6.19. The zero-order valence-corrected chi connectivity index (χ0v) is 18.4. The maximum Gasteiger partial charge on any atom is 0.119 e. The van der Waals surface area contributed by atoms with Gasteiger partial charge in [0.05, 0.1) is 12.7 Å². The molecule has 4 heteroatoms. The lowest BCUT2D eigenvalue weighted by Crippen LogP contribution is -2.16. The van der Waals surface area contributed by atoms with Crippen molar-refractivity contribution < 1.29 is 9.47 Å². The summed E-state index contributed by atoms with van der Waals surface area (Å²) >= 11 is 0. The first-order chi connectivity index (χ1) is 15.8. The number of pyridine rings is 2. The number of hydrogen-bond acceptors (Lipinski definition) is 4. The highest BCUT2D eigenvalue weighted by atomic mass is 16.5. The van der Waals surface area contributed by atoms with E-state index in [0.29, 0.717) is 6.61 Å². The van der Waals surface area contributed by atoms with Gasteiger partial charge in [-0.1, -0.05) is 43.3 Å². The van der Waals surface area contributed by atoms with Crippen LogP contribution in [0.5, 0.6) is 11.5 Å². The summed E-state index contributed by atoms with van der Waals surface area (Å²) in [5.74, 6) is 1.79. The molecule has 0 aliphatic rings. The average molecular weight is 425 g/mol. The van der Waals surface area contributed by atoms with Crippen LogP contribution in [0.2, 0.25) is 0 Å². The first-order valence-electron chi connectivity index (χ1n) is 11.1. The number of aromatic nitrogens is 2. The van der Waals surface area contributed by atoms with E-state index >= 15 is 0 Å². The normalized spacial score (nSPS) is 11.7. The van der Waals surface area contributed by atoms with Gasteiger partial charge in [0.25, 0.3) is 0 Å². The van der Waals surface area contributed by atoms with Gasteiger partial charge in [-0.2, -0.15) is 0 Å². The van der Waals surface area contributed by atoms with Gasteiger partial charge >= 0.3 is 0 Å². The SMILES string of the molecule is CCC(CCCOc1ccc(-c2cccnc2)cc1)Oc1ccc(-c2cccnc2)cc1. The highest BCUT2D eigenvalue weighted by molar-refractivity contribution is 5.63. The van der Waals surface area contributed by atoms with Gasteiger partial charge in [0.2, 0.25) is 0 Å². The fourth-order valence-electron chi connectivity index (χ4n) is 3.58. The summed E-state index contributed by atoms with van der Waals surface area (Å²) < 4.78 is 12.1. The van der Waals surface area contributed by atoms with Gasteiger partial charge in [-0.25, -0.2) is 0 Å². The summed E-state index contributed by atoms with van der Waals surface area (Å²) in [6.45, 7) is 2.83. The smallest absolute Gasteiger partial charge is 0.119 e. The summed E-state index contributed by atoms with van der Waals surface area (Å²) in [6.07, 6.45) is 10.3. The van der Waals surface area contributed by atoms with Gasteiger partial charge in [0.1, 0.15) is 11.5 Å². The zero-order valence-electron chi connectivity index (χ0n) is 18.4. The van der Waals surface area contributed by atoms with Crippen molar-refractivity contribution in [3.05, 3.63) is 97.6 Å². The minimum Gasteiger partial charge on any atom is -0.494 e. The van der Waals surface area contributed by atoms with Crippen LogP contribution in [-0.2, 0) is 0 Å². The second-order valence-corrected chi connectivity index (χ2v) is 7.67. The van der Waals surface area contributed by atoms with Crippen LogP contribution in [0.3, 0.4) is 0 Å². The molecule has 0 N–H and O–H groups in total. The van der Waals surface area contributed by atoms with E-state index in [4.69, 9.17) is 9.47 Å². The molecule has 4 rings (SSSR count). The average Bonchev–Trinajstić information content (AvgIpc) is 2.87. The molecule has 162 valence electrons. The quantitative estimate of drug-likeness (QED) is 0.262. The second-order valence-electron chi connectivity index (χ2n) is 7.67. The molecule has 2 aromatic heterocycles. The molecule has 4 nitrogen and oxygen atoms in total. The second kappa shape index (κ2) is 11.1. The Labute approximate surface area is 189 Å². The molecular weight excluding hydrogens is 396 g/mol. The van der Waals surface area contributed by atoms with Crippen molar-refractivity contribution >= 4 is 0 Å². The number of nitrogens with zero attached hydrogens (tertiary/aromatic N) is 2. The van der Waals surface area contributed by atoms with E-state index in [9.17, 15) is 0 Å². The fraction of sp³-hybridized carbons (Fsp3) is 0.214. The summed E-state index contributed by atoms with van der Waals surface area (Å²) in [6, 6.07) is 24.4. The Kier molecular flexibility index (Phi) is 7.48. The Hall–Kier alpha value is -3.66. The predicted octanol–water partition coefficient (Wildman–Crippen LogP) is 6.83. The van der Waals surface area contributed by atoms with Gasteiger partial charge in [-0.05, 0) is 77.9 Å². The third-order valence-corrected chi connectivity index (χ3v) is 5.40. The molecular formula is C28H28N2O2. The van der Waals surface area contributed by atoms with Crippen molar-refractivity contribution in [2.45, 2.75) is 32.3 Å². The van der Waals surface area contributed by atoms with Gasteiger partial charge < -0.3 is 9.47 Å². The van der Waals surface area contributed by atoms with Crippen LogP contribution in [0.4, 0.5) is 0 Å². The van der Waals surface area contributed by atoms with Crippen molar-refractivity contribution in [3.63, 3.8) is 0 Å². The molecule has 32 heavy (non-hydrogen) atoms. The van der Waals surface area contributed by atoms with Crippen LogP contribution < -0.4 is 9.47 Å². The van der Waals surface area contributed by atoms with Crippen LogP contribution in [-0.4, -0.2) is 22.7 Å². The Bertz CT molecular complexity index is 1070. The Morgan fingerprint density at radius 2 is 1.25 bits per heavy atom. The lowest BCUT2D eigenvalue weighted by molar-refractivity contribution is 0.172. The van der Waals surface area contributed by atoms with Crippen LogP contribution in [0.1, 0.15) is 26.2 Å². The third-order valence-electron chi connectivity index (χ3n) is 5.40. The molecule has 0 aliphatic heterocycles. The van der Waals surface area contributed by atoms with E-state index < -0.39 is 0 Å². The molecule has 0 spiro atoms. The van der Waals surface area contributed by atoms with Crippen molar-refractivity contribution in [3.8, 4) is 33.8 Å². The van der Waals surface area contributed by atoms with E-state index in [0.717, 1.165) is 53.0 Å². The fourth-order valence-corrected chi connectivity index (χ4v) is 3.58. The Balaban J connectivity index is 1.22. The van der Waals surface area contributed by atoms with E-state index in [-0.39, 0.29) is 6.10 Å². The number of benzene rings is 2. The largest absolute Gasteiger partial charge is 0.494 e. The first-order valence-corrected chi connectivity index (χ1v) is 11.1.